The number of amides is 1. The number of aromatic amines is 1. The van der Waals surface area contributed by atoms with Crippen LogP contribution in [0.4, 0.5) is 0 Å². The highest BCUT2D eigenvalue weighted by molar-refractivity contribution is 5.94. The molecule has 22 heavy (non-hydrogen) atoms. The van der Waals surface area contributed by atoms with Gasteiger partial charge >= 0.3 is 0 Å². The summed E-state index contributed by atoms with van der Waals surface area (Å²) in [6.07, 6.45) is 3.12. The van der Waals surface area contributed by atoms with Crippen molar-refractivity contribution in [2.45, 2.75) is 46.1 Å². The molecule has 2 aromatic rings. The van der Waals surface area contributed by atoms with Gasteiger partial charge in [0.25, 0.3) is 5.91 Å². The Morgan fingerprint density at radius 2 is 2.18 bits per heavy atom. The Labute approximate surface area is 130 Å². The van der Waals surface area contributed by atoms with Crippen LogP contribution in [0.15, 0.2) is 18.2 Å². The number of aryl methyl sites for hydroxylation is 2. The number of nitrogens with one attached hydrogen (secondary N) is 2. The summed E-state index contributed by atoms with van der Waals surface area (Å²) in [5.41, 5.74) is 4.37. The van der Waals surface area contributed by atoms with E-state index in [2.05, 4.69) is 20.5 Å². The van der Waals surface area contributed by atoms with Gasteiger partial charge in [-0.15, -0.1) is 0 Å². The van der Waals surface area contributed by atoms with E-state index in [1.54, 1.807) is 0 Å². The molecule has 116 valence electrons. The molecule has 1 aliphatic carbocycles. The zero-order chi connectivity index (χ0) is 15.7. The molecular formula is C17H22N4O. The van der Waals surface area contributed by atoms with E-state index in [1.165, 1.54) is 0 Å². The third-order valence-corrected chi connectivity index (χ3v) is 4.29. The minimum absolute atomic E-state index is 0.0198. The zero-order valence-electron chi connectivity index (χ0n) is 13.3. The lowest BCUT2D eigenvalue weighted by atomic mass is 10.1. The Kier molecular flexibility index (Phi) is 3.96. The smallest absolute Gasteiger partial charge is 0.272 e. The molecule has 1 unspecified atom stereocenters. The summed E-state index contributed by atoms with van der Waals surface area (Å²) in [6, 6.07) is 5.94. The predicted octanol–water partition coefficient (Wildman–Crippen LogP) is 2.87. The van der Waals surface area contributed by atoms with E-state index in [0.29, 0.717) is 11.6 Å². The quantitative estimate of drug-likeness (QED) is 0.891. The Balaban J connectivity index is 1.82. The van der Waals surface area contributed by atoms with Crippen molar-refractivity contribution in [3.8, 4) is 0 Å². The van der Waals surface area contributed by atoms with Gasteiger partial charge in [-0.3, -0.25) is 14.9 Å². The van der Waals surface area contributed by atoms with Crippen LogP contribution in [0.2, 0.25) is 0 Å². The molecule has 0 bridgehead atoms. The van der Waals surface area contributed by atoms with Crippen LogP contribution in [0.1, 0.15) is 58.9 Å². The fraction of sp³-hybridized carbons (Fsp3) is 0.471. The Hall–Kier alpha value is -2.17. The first-order chi connectivity index (χ1) is 10.6. The first kappa shape index (κ1) is 14.8. The van der Waals surface area contributed by atoms with Crippen LogP contribution >= 0.6 is 0 Å². The van der Waals surface area contributed by atoms with E-state index in [9.17, 15) is 4.79 Å². The molecule has 2 heterocycles. The molecule has 0 spiro atoms. The van der Waals surface area contributed by atoms with Crippen LogP contribution < -0.4 is 5.32 Å². The molecule has 0 saturated heterocycles. The summed E-state index contributed by atoms with van der Waals surface area (Å²) < 4.78 is 0. The SMILES string of the molecule is CCc1[nH]nc(C(=O)NC(c2cccc(C)n2)C2CC2)c1C. The summed E-state index contributed by atoms with van der Waals surface area (Å²) in [6.45, 7) is 5.96. The first-order valence-corrected chi connectivity index (χ1v) is 7.88. The molecule has 2 aromatic heterocycles. The lowest BCUT2D eigenvalue weighted by Gasteiger charge is -2.18. The second kappa shape index (κ2) is 5.91. The Bertz CT molecular complexity index is 688. The number of carbonyl (C=O) groups excluding carboxylic acids is 1. The fourth-order valence-electron chi connectivity index (χ4n) is 2.81. The van der Waals surface area contributed by atoms with Crippen molar-refractivity contribution >= 4 is 5.91 Å². The van der Waals surface area contributed by atoms with Crippen molar-refractivity contribution in [1.29, 1.82) is 0 Å². The number of hydrogen-bond acceptors (Lipinski definition) is 3. The van der Waals surface area contributed by atoms with Gasteiger partial charge in [-0.1, -0.05) is 13.0 Å². The summed E-state index contributed by atoms with van der Waals surface area (Å²) in [7, 11) is 0. The van der Waals surface area contributed by atoms with Crippen molar-refractivity contribution in [3.05, 3.63) is 46.5 Å². The highest BCUT2D eigenvalue weighted by atomic mass is 16.2. The van der Waals surface area contributed by atoms with Crippen LogP contribution in [-0.4, -0.2) is 21.1 Å². The molecular weight excluding hydrogens is 276 g/mol. The van der Waals surface area contributed by atoms with Crippen molar-refractivity contribution in [1.82, 2.24) is 20.5 Å². The van der Waals surface area contributed by atoms with E-state index >= 15 is 0 Å². The van der Waals surface area contributed by atoms with E-state index < -0.39 is 0 Å². The molecule has 5 nitrogen and oxygen atoms in total. The molecule has 0 aromatic carbocycles. The van der Waals surface area contributed by atoms with E-state index in [4.69, 9.17) is 0 Å². The summed E-state index contributed by atoms with van der Waals surface area (Å²) >= 11 is 0. The summed E-state index contributed by atoms with van der Waals surface area (Å²) in [5.74, 6) is 0.372. The normalized spacial score (nSPS) is 15.6. The minimum Gasteiger partial charge on any atom is -0.342 e. The van der Waals surface area contributed by atoms with E-state index in [0.717, 1.165) is 41.9 Å². The van der Waals surface area contributed by atoms with Crippen molar-refractivity contribution in [2.75, 3.05) is 0 Å². The Morgan fingerprint density at radius 3 is 2.77 bits per heavy atom. The predicted molar refractivity (Wildman–Crippen MR) is 84.6 cm³/mol. The van der Waals surface area contributed by atoms with Crippen molar-refractivity contribution in [2.24, 2.45) is 5.92 Å². The maximum Gasteiger partial charge on any atom is 0.272 e. The largest absolute Gasteiger partial charge is 0.342 e. The summed E-state index contributed by atoms with van der Waals surface area (Å²) in [4.78, 5) is 17.2. The highest BCUT2D eigenvalue weighted by Crippen LogP contribution is 2.40. The van der Waals surface area contributed by atoms with Crippen LogP contribution in [0.25, 0.3) is 0 Å². The van der Waals surface area contributed by atoms with Gasteiger partial charge < -0.3 is 5.32 Å². The van der Waals surface area contributed by atoms with Gasteiger partial charge in [0, 0.05) is 17.0 Å². The van der Waals surface area contributed by atoms with E-state index in [-0.39, 0.29) is 11.9 Å². The second-order valence-corrected chi connectivity index (χ2v) is 6.02. The van der Waals surface area contributed by atoms with Crippen LogP contribution in [0, 0.1) is 19.8 Å². The fourth-order valence-corrected chi connectivity index (χ4v) is 2.81. The number of H-pyrrole nitrogens is 1. The van der Waals surface area contributed by atoms with Crippen molar-refractivity contribution in [3.63, 3.8) is 0 Å². The number of carbonyl (C=O) groups is 1. The lowest BCUT2D eigenvalue weighted by Crippen LogP contribution is -2.31. The number of nitrogens with zero attached hydrogens (tertiary/aromatic N) is 2. The molecule has 1 aliphatic rings. The Morgan fingerprint density at radius 1 is 1.41 bits per heavy atom. The van der Waals surface area contributed by atoms with Crippen LogP contribution in [-0.2, 0) is 6.42 Å². The lowest BCUT2D eigenvalue weighted by molar-refractivity contribution is 0.0925. The zero-order valence-corrected chi connectivity index (χ0v) is 13.3. The number of pyridine rings is 1. The molecule has 2 N–H and O–H groups in total. The topological polar surface area (TPSA) is 70.7 Å². The van der Waals surface area contributed by atoms with Gasteiger partial charge in [-0.2, -0.15) is 5.10 Å². The van der Waals surface area contributed by atoms with Gasteiger partial charge in [0.15, 0.2) is 5.69 Å². The maximum absolute atomic E-state index is 12.6. The molecule has 1 atom stereocenters. The molecule has 1 saturated carbocycles. The second-order valence-electron chi connectivity index (χ2n) is 6.02. The third kappa shape index (κ3) is 2.89. The van der Waals surface area contributed by atoms with Crippen molar-refractivity contribution < 1.29 is 4.79 Å². The van der Waals surface area contributed by atoms with Gasteiger partial charge in [0.1, 0.15) is 0 Å². The first-order valence-electron chi connectivity index (χ1n) is 7.88. The van der Waals surface area contributed by atoms with Crippen LogP contribution in [0.3, 0.4) is 0 Å². The molecule has 1 fully saturated rings. The molecule has 0 radical (unpaired) electrons. The number of rotatable bonds is 5. The molecule has 0 aliphatic heterocycles. The summed E-state index contributed by atoms with van der Waals surface area (Å²) in [5, 5.41) is 10.3. The maximum atomic E-state index is 12.6. The highest BCUT2D eigenvalue weighted by Gasteiger charge is 2.35. The number of aromatic nitrogens is 3. The van der Waals surface area contributed by atoms with Gasteiger partial charge in [0.05, 0.1) is 11.7 Å². The number of hydrogen-bond donors (Lipinski definition) is 2. The van der Waals surface area contributed by atoms with Gasteiger partial charge in [0.2, 0.25) is 0 Å². The van der Waals surface area contributed by atoms with E-state index in [1.807, 2.05) is 39.0 Å². The van der Waals surface area contributed by atoms with Gasteiger partial charge in [-0.05, 0) is 51.2 Å². The average Bonchev–Trinajstić information content (AvgIpc) is 3.27. The monoisotopic (exact) mass is 298 g/mol. The van der Waals surface area contributed by atoms with Gasteiger partial charge in [-0.25, -0.2) is 0 Å². The average molecular weight is 298 g/mol. The third-order valence-electron chi connectivity index (χ3n) is 4.29. The minimum atomic E-state index is -0.117. The van der Waals surface area contributed by atoms with Crippen LogP contribution in [0.5, 0.6) is 0 Å². The molecule has 3 rings (SSSR count). The molecule has 1 amide bonds. The standard InChI is InChI=1S/C17H22N4O/c1-4-13-11(3)15(21-20-13)17(22)19-16(12-8-9-12)14-7-5-6-10(2)18-14/h5-7,12,16H,4,8-9H2,1-3H3,(H,19,22)(H,20,21). The molecule has 5 heteroatoms.